The summed E-state index contributed by atoms with van der Waals surface area (Å²) in [5.74, 6) is -0.992. The Morgan fingerprint density at radius 1 is 1.08 bits per heavy atom. The van der Waals surface area contributed by atoms with E-state index < -0.39 is 36.3 Å². The minimum Gasteiger partial charge on any atom is -0.507 e. The van der Waals surface area contributed by atoms with Crippen LogP contribution < -0.4 is 10.6 Å². The maximum Gasteiger partial charge on any atom is 0.408 e. The number of aromatic hydroxyl groups is 1. The van der Waals surface area contributed by atoms with Crippen molar-refractivity contribution in [2.24, 2.45) is 0 Å². The third-order valence-corrected chi connectivity index (χ3v) is 6.94. The van der Waals surface area contributed by atoms with Gasteiger partial charge in [-0.05, 0) is 65.4 Å². The molecule has 4 N–H and O–H groups in total. The van der Waals surface area contributed by atoms with Crippen LogP contribution in [-0.2, 0) is 14.3 Å². The van der Waals surface area contributed by atoms with Crippen molar-refractivity contribution in [2.75, 3.05) is 6.61 Å². The van der Waals surface area contributed by atoms with Gasteiger partial charge in [-0.1, -0.05) is 37.5 Å². The van der Waals surface area contributed by atoms with Crippen LogP contribution in [0.4, 0.5) is 4.79 Å². The van der Waals surface area contributed by atoms with Crippen molar-refractivity contribution < 1.29 is 29.3 Å². The molecule has 9 nitrogen and oxygen atoms in total. The molecular weight excluding hydrogens is 462 g/mol. The molecule has 2 unspecified atom stereocenters. The molecule has 0 spiro atoms. The van der Waals surface area contributed by atoms with Gasteiger partial charge in [-0.3, -0.25) is 9.59 Å². The minimum atomic E-state index is -1.29. The highest BCUT2D eigenvalue weighted by Crippen LogP contribution is 2.38. The van der Waals surface area contributed by atoms with Crippen LogP contribution in [0.25, 0.3) is 0 Å². The van der Waals surface area contributed by atoms with Crippen molar-refractivity contribution in [3.63, 3.8) is 0 Å². The number of aliphatic hydroxyl groups excluding tert-OH is 1. The summed E-state index contributed by atoms with van der Waals surface area (Å²) in [4.78, 5) is 41.5. The summed E-state index contributed by atoms with van der Waals surface area (Å²) in [6.45, 7) is 6.20. The van der Waals surface area contributed by atoms with Crippen LogP contribution in [0.1, 0.15) is 89.3 Å². The molecule has 2 fully saturated rings. The summed E-state index contributed by atoms with van der Waals surface area (Å²) in [7, 11) is 0. The first-order valence-electron chi connectivity index (χ1n) is 13.0. The maximum atomic E-state index is 13.9. The van der Waals surface area contributed by atoms with Gasteiger partial charge in [0.2, 0.25) is 11.8 Å². The average molecular weight is 504 g/mol. The third-order valence-electron chi connectivity index (χ3n) is 6.94. The molecule has 2 atom stereocenters. The lowest BCUT2D eigenvalue weighted by Gasteiger charge is -2.44. The highest BCUT2D eigenvalue weighted by Gasteiger charge is 2.43. The van der Waals surface area contributed by atoms with Gasteiger partial charge in [0.1, 0.15) is 23.4 Å². The van der Waals surface area contributed by atoms with Gasteiger partial charge in [-0.25, -0.2) is 4.79 Å². The summed E-state index contributed by atoms with van der Waals surface area (Å²) in [6.07, 6.45) is 6.39. The predicted octanol–water partition coefficient (Wildman–Crippen LogP) is 3.46. The highest BCUT2D eigenvalue weighted by molar-refractivity contribution is 5.93. The molecule has 0 heterocycles. The number of para-hydroxylation sites is 1. The van der Waals surface area contributed by atoms with Gasteiger partial charge in [-0.15, -0.1) is 0 Å². The third kappa shape index (κ3) is 6.90. The van der Waals surface area contributed by atoms with Gasteiger partial charge in [0, 0.05) is 17.6 Å². The topological polar surface area (TPSA) is 128 Å². The van der Waals surface area contributed by atoms with E-state index in [0.717, 1.165) is 38.5 Å². The number of hydrogen-bond donors (Lipinski definition) is 4. The fourth-order valence-electron chi connectivity index (χ4n) is 4.84. The molecule has 3 amide bonds. The maximum absolute atomic E-state index is 13.9. The SMILES string of the molecule is Cc1cccc(C(C(=O)NC2CCCCC2)N(C(=O)C(CO)NC(=O)OC(C)(C)C)C2CCC2)c1O. The van der Waals surface area contributed by atoms with Gasteiger partial charge < -0.3 is 30.5 Å². The van der Waals surface area contributed by atoms with Crippen LogP contribution in [-0.4, -0.2) is 63.4 Å². The molecule has 1 aromatic carbocycles. The Kier molecular flexibility index (Phi) is 9.22. The molecule has 200 valence electrons. The molecule has 3 rings (SSSR count). The van der Waals surface area contributed by atoms with E-state index in [4.69, 9.17) is 4.74 Å². The van der Waals surface area contributed by atoms with Crippen molar-refractivity contribution in [3.05, 3.63) is 29.3 Å². The van der Waals surface area contributed by atoms with Crippen molar-refractivity contribution in [3.8, 4) is 5.75 Å². The van der Waals surface area contributed by atoms with Crippen LogP contribution in [0.2, 0.25) is 0 Å². The van der Waals surface area contributed by atoms with E-state index in [1.165, 1.54) is 4.90 Å². The summed E-state index contributed by atoms with van der Waals surface area (Å²) in [5.41, 5.74) is 0.142. The van der Waals surface area contributed by atoms with E-state index in [0.29, 0.717) is 24.0 Å². The Hall–Kier alpha value is -2.81. The fraction of sp³-hybridized carbons (Fsp3) is 0.667. The normalized spacial score (nSPS) is 18.5. The largest absolute Gasteiger partial charge is 0.507 e. The lowest BCUT2D eigenvalue weighted by atomic mass is 9.87. The van der Waals surface area contributed by atoms with E-state index in [9.17, 15) is 24.6 Å². The minimum absolute atomic E-state index is 0.00701. The number of aryl methyl sites for hydroxylation is 1. The van der Waals surface area contributed by atoms with E-state index >= 15 is 0 Å². The first-order chi connectivity index (χ1) is 17.0. The number of ether oxygens (including phenoxy) is 1. The van der Waals surface area contributed by atoms with Crippen molar-refractivity contribution in [1.29, 1.82) is 0 Å². The van der Waals surface area contributed by atoms with Gasteiger partial charge in [0.25, 0.3) is 0 Å². The number of carbonyl (C=O) groups is 3. The zero-order valence-corrected chi connectivity index (χ0v) is 21.9. The van der Waals surface area contributed by atoms with Crippen LogP contribution in [0.5, 0.6) is 5.75 Å². The van der Waals surface area contributed by atoms with E-state index in [1.54, 1.807) is 45.9 Å². The quantitative estimate of drug-likeness (QED) is 0.430. The van der Waals surface area contributed by atoms with Gasteiger partial charge in [0.05, 0.1) is 6.61 Å². The Morgan fingerprint density at radius 3 is 2.31 bits per heavy atom. The number of nitrogens with zero attached hydrogens (tertiary/aromatic N) is 1. The number of amides is 3. The second-order valence-electron chi connectivity index (χ2n) is 11.0. The second kappa shape index (κ2) is 12.0. The van der Waals surface area contributed by atoms with Crippen molar-refractivity contribution in [2.45, 2.75) is 109 Å². The first-order valence-corrected chi connectivity index (χ1v) is 13.0. The number of phenols is 1. The average Bonchev–Trinajstić information content (AvgIpc) is 2.77. The molecule has 2 saturated carbocycles. The number of rotatable bonds is 8. The van der Waals surface area contributed by atoms with E-state index in [2.05, 4.69) is 10.6 Å². The van der Waals surface area contributed by atoms with Crippen molar-refractivity contribution >= 4 is 17.9 Å². The Balaban J connectivity index is 1.96. The van der Waals surface area contributed by atoms with Gasteiger partial charge in [0.15, 0.2) is 0 Å². The highest BCUT2D eigenvalue weighted by atomic mass is 16.6. The van der Waals surface area contributed by atoms with Crippen LogP contribution in [0.15, 0.2) is 18.2 Å². The summed E-state index contributed by atoms with van der Waals surface area (Å²) in [6, 6.07) is 2.50. The standard InChI is InChI=1S/C27H41N3O6/c1-17-10-8-15-20(23(17)32)22(24(33)28-18-11-6-5-7-12-18)30(19-13-9-14-19)25(34)21(16-31)29-26(35)36-27(2,3)4/h8,10,15,18-19,21-22,31-32H,5-7,9,11-14,16H2,1-4H3,(H,28,33)(H,29,35). The molecule has 9 heteroatoms. The number of aliphatic hydroxyl groups is 1. The number of hydrogen-bond acceptors (Lipinski definition) is 6. The number of nitrogens with one attached hydrogen (secondary N) is 2. The zero-order chi connectivity index (χ0) is 26.5. The summed E-state index contributed by atoms with van der Waals surface area (Å²) in [5, 5.41) is 26.6. The number of carbonyl (C=O) groups excluding carboxylic acids is 3. The van der Waals surface area contributed by atoms with Gasteiger partial charge in [-0.2, -0.15) is 0 Å². The molecule has 1 aromatic rings. The molecule has 0 saturated heterocycles. The van der Waals surface area contributed by atoms with Crippen LogP contribution in [0, 0.1) is 6.92 Å². The number of benzene rings is 1. The lowest BCUT2D eigenvalue weighted by molar-refractivity contribution is -0.148. The summed E-state index contributed by atoms with van der Waals surface area (Å²) >= 11 is 0. The smallest absolute Gasteiger partial charge is 0.408 e. The predicted molar refractivity (Wildman–Crippen MR) is 135 cm³/mol. The number of phenolic OH excluding ortho intramolecular Hbond substituents is 1. The van der Waals surface area contributed by atoms with Gasteiger partial charge >= 0.3 is 6.09 Å². The Labute approximate surface area is 213 Å². The molecule has 0 aliphatic heterocycles. The Morgan fingerprint density at radius 2 is 1.75 bits per heavy atom. The molecule has 0 bridgehead atoms. The fourth-order valence-corrected chi connectivity index (χ4v) is 4.84. The summed E-state index contributed by atoms with van der Waals surface area (Å²) < 4.78 is 5.28. The molecule has 0 aromatic heterocycles. The lowest BCUT2D eigenvalue weighted by Crippen LogP contribution is -2.59. The molecule has 0 radical (unpaired) electrons. The van der Waals surface area contributed by atoms with Crippen LogP contribution >= 0.6 is 0 Å². The zero-order valence-electron chi connectivity index (χ0n) is 21.9. The monoisotopic (exact) mass is 503 g/mol. The second-order valence-corrected chi connectivity index (χ2v) is 11.0. The molecule has 2 aliphatic rings. The van der Waals surface area contributed by atoms with Crippen molar-refractivity contribution in [1.82, 2.24) is 15.5 Å². The van der Waals surface area contributed by atoms with E-state index in [-0.39, 0.29) is 23.7 Å². The molecule has 2 aliphatic carbocycles. The van der Waals surface area contributed by atoms with Crippen LogP contribution in [0.3, 0.4) is 0 Å². The number of alkyl carbamates (subject to hydrolysis) is 1. The molecule has 36 heavy (non-hydrogen) atoms. The van der Waals surface area contributed by atoms with E-state index in [1.807, 2.05) is 0 Å². The molecular formula is C27H41N3O6. The first kappa shape index (κ1) is 27.8. The Bertz CT molecular complexity index is 934.